The third kappa shape index (κ3) is 3.69. The minimum Gasteiger partial charge on any atom is -0.464 e. The quantitative estimate of drug-likeness (QED) is 0.401. The SMILES string of the molecule is CCOP(=O)(OCC)C(NN1C(=O)c2ccccc2C1=O)c1coc2ccccc2c1=O. The van der Waals surface area contributed by atoms with Crippen molar-refractivity contribution < 1.29 is 27.6 Å². The van der Waals surface area contributed by atoms with Crippen LogP contribution in [-0.4, -0.2) is 30.0 Å². The van der Waals surface area contributed by atoms with E-state index in [1.54, 1.807) is 50.2 Å². The monoisotopic (exact) mass is 456 g/mol. The van der Waals surface area contributed by atoms with Gasteiger partial charge in [-0.15, -0.1) is 0 Å². The predicted octanol–water partition coefficient (Wildman–Crippen LogP) is 3.86. The van der Waals surface area contributed by atoms with Gasteiger partial charge in [-0.3, -0.25) is 18.9 Å². The number of nitrogens with one attached hydrogen (secondary N) is 1. The first-order valence-corrected chi connectivity index (χ1v) is 11.7. The molecule has 0 aliphatic carbocycles. The van der Waals surface area contributed by atoms with Gasteiger partial charge in [0.05, 0.1) is 35.3 Å². The molecule has 166 valence electrons. The van der Waals surface area contributed by atoms with Crippen molar-refractivity contribution in [2.45, 2.75) is 19.6 Å². The summed E-state index contributed by atoms with van der Waals surface area (Å²) in [7, 11) is -4.07. The molecule has 10 heteroatoms. The zero-order valence-electron chi connectivity index (χ0n) is 17.4. The van der Waals surface area contributed by atoms with Crippen LogP contribution in [0, 0.1) is 0 Å². The minimum atomic E-state index is -4.07. The molecule has 2 aromatic carbocycles. The molecule has 0 spiro atoms. The van der Waals surface area contributed by atoms with Crippen molar-refractivity contribution in [1.82, 2.24) is 10.4 Å². The van der Waals surface area contributed by atoms with Crippen LogP contribution in [0.15, 0.2) is 64.0 Å². The van der Waals surface area contributed by atoms with Crippen molar-refractivity contribution in [3.8, 4) is 0 Å². The van der Waals surface area contributed by atoms with Crippen LogP contribution >= 0.6 is 7.60 Å². The van der Waals surface area contributed by atoms with Crippen molar-refractivity contribution in [2.24, 2.45) is 0 Å². The number of carbonyl (C=O) groups excluding carboxylic acids is 2. The Morgan fingerprint density at radius 3 is 2.09 bits per heavy atom. The van der Waals surface area contributed by atoms with E-state index in [0.29, 0.717) is 5.58 Å². The molecule has 32 heavy (non-hydrogen) atoms. The summed E-state index contributed by atoms with van der Waals surface area (Å²) < 4.78 is 30.2. The maximum absolute atomic E-state index is 13.7. The Bertz CT molecular complexity index is 1260. The van der Waals surface area contributed by atoms with Gasteiger partial charge in [0.1, 0.15) is 11.8 Å². The first-order chi connectivity index (χ1) is 15.4. The molecule has 2 amide bonds. The number of benzene rings is 2. The van der Waals surface area contributed by atoms with Gasteiger partial charge in [-0.1, -0.05) is 24.3 Å². The van der Waals surface area contributed by atoms with Gasteiger partial charge >= 0.3 is 7.60 Å². The van der Waals surface area contributed by atoms with Gasteiger partial charge in [0.2, 0.25) is 0 Å². The average molecular weight is 456 g/mol. The molecule has 9 nitrogen and oxygen atoms in total. The second kappa shape index (κ2) is 8.80. The lowest BCUT2D eigenvalue weighted by atomic mass is 10.1. The molecule has 1 aliphatic heterocycles. The summed E-state index contributed by atoms with van der Waals surface area (Å²) in [5.74, 6) is -2.74. The van der Waals surface area contributed by atoms with Gasteiger partial charge in [-0.2, -0.15) is 0 Å². The summed E-state index contributed by atoms with van der Waals surface area (Å²) >= 11 is 0. The van der Waals surface area contributed by atoms with Crippen LogP contribution in [0.5, 0.6) is 0 Å². The Labute approximate surface area is 183 Å². The first-order valence-electron chi connectivity index (χ1n) is 10.0. The molecular weight excluding hydrogens is 435 g/mol. The Balaban J connectivity index is 1.84. The van der Waals surface area contributed by atoms with E-state index >= 15 is 0 Å². The molecule has 0 fully saturated rings. The van der Waals surface area contributed by atoms with Crippen LogP contribution in [-0.2, 0) is 13.6 Å². The number of para-hydroxylation sites is 1. The summed E-state index contributed by atoms with van der Waals surface area (Å²) in [6, 6.07) is 12.9. The molecule has 1 N–H and O–H groups in total. The number of carbonyl (C=O) groups is 2. The number of rotatable bonds is 8. The second-order valence-corrected chi connectivity index (χ2v) is 9.03. The number of fused-ring (bicyclic) bond motifs is 2. The van der Waals surface area contributed by atoms with Gasteiger partial charge in [-0.25, -0.2) is 10.4 Å². The van der Waals surface area contributed by atoms with E-state index in [9.17, 15) is 18.9 Å². The number of hydrogen-bond donors (Lipinski definition) is 1. The Morgan fingerprint density at radius 1 is 0.938 bits per heavy atom. The lowest BCUT2D eigenvalue weighted by Gasteiger charge is -2.29. The highest BCUT2D eigenvalue weighted by molar-refractivity contribution is 7.54. The van der Waals surface area contributed by atoms with E-state index in [2.05, 4.69) is 5.43 Å². The van der Waals surface area contributed by atoms with Crippen LogP contribution in [0.4, 0.5) is 0 Å². The zero-order valence-corrected chi connectivity index (χ0v) is 18.3. The molecule has 1 atom stereocenters. The Morgan fingerprint density at radius 2 is 1.50 bits per heavy atom. The normalized spacial score (nSPS) is 14.8. The molecular formula is C22H21N2O7P. The van der Waals surface area contributed by atoms with E-state index in [4.69, 9.17) is 13.5 Å². The first kappa shape index (κ1) is 22.1. The van der Waals surface area contributed by atoms with Gasteiger partial charge in [-0.05, 0) is 38.1 Å². The third-order valence-electron chi connectivity index (χ3n) is 4.98. The highest BCUT2D eigenvalue weighted by atomic mass is 31.2. The highest BCUT2D eigenvalue weighted by Crippen LogP contribution is 2.59. The van der Waals surface area contributed by atoms with Crippen molar-refractivity contribution >= 4 is 30.4 Å². The topological polar surface area (TPSA) is 115 Å². The van der Waals surface area contributed by atoms with E-state index in [1.807, 2.05) is 0 Å². The largest absolute Gasteiger partial charge is 0.464 e. The molecule has 3 aromatic rings. The van der Waals surface area contributed by atoms with Crippen LogP contribution < -0.4 is 10.9 Å². The Kier molecular flexibility index (Phi) is 6.08. The highest BCUT2D eigenvalue weighted by Gasteiger charge is 2.45. The van der Waals surface area contributed by atoms with Crippen LogP contribution in [0.1, 0.15) is 45.9 Å². The predicted molar refractivity (Wildman–Crippen MR) is 116 cm³/mol. The van der Waals surface area contributed by atoms with Crippen molar-refractivity contribution in [3.63, 3.8) is 0 Å². The third-order valence-corrected chi connectivity index (χ3v) is 7.24. The lowest BCUT2D eigenvalue weighted by Crippen LogP contribution is -2.45. The summed E-state index contributed by atoms with van der Waals surface area (Å²) in [6.07, 6.45) is 1.14. The summed E-state index contributed by atoms with van der Waals surface area (Å²) in [5.41, 5.74) is 2.80. The number of hydrazine groups is 1. The second-order valence-electron chi connectivity index (χ2n) is 6.91. The van der Waals surface area contributed by atoms with Crippen molar-refractivity contribution in [1.29, 1.82) is 0 Å². The molecule has 0 saturated heterocycles. The molecule has 1 aliphatic rings. The number of imide groups is 1. The molecule has 4 rings (SSSR count). The summed E-state index contributed by atoms with van der Waals surface area (Å²) in [4.78, 5) is 39.0. The molecule has 1 unspecified atom stereocenters. The number of amides is 2. The van der Waals surface area contributed by atoms with E-state index in [1.165, 1.54) is 12.1 Å². The summed E-state index contributed by atoms with van der Waals surface area (Å²) in [6.45, 7) is 3.26. The fourth-order valence-corrected chi connectivity index (χ4v) is 5.44. The fraction of sp³-hybridized carbons (Fsp3) is 0.227. The number of nitrogens with zero attached hydrogens (tertiary/aromatic N) is 1. The minimum absolute atomic E-state index is 0.0104. The van der Waals surface area contributed by atoms with Crippen LogP contribution in [0.3, 0.4) is 0 Å². The van der Waals surface area contributed by atoms with Crippen LogP contribution in [0.2, 0.25) is 0 Å². The smallest absolute Gasteiger partial charge is 0.353 e. The summed E-state index contributed by atoms with van der Waals surface area (Å²) in [5, 5.41) is 0.980. The van der Waals surface area contributed by atoms with E-state index < -0.39 is 30.6 Å². The zero-order chi connectivity index (χ0) is 22.9. The molecule has 0 radical (unpaired) electrons. The lowest BCUT2D eigenvalue weighted by molar-refractivity contribution is 0.0544. The van der Waals surface area contributed by atoms with Crippen molar-refractivity contribution in [3.05, 3.63) is 81.7 Å². The Hall–Kier alpha value is -3.10. The average Bonchev–Trinajstić information content (AvgIpc) is 3.03. The number of hydrogen-bond acceptors (Lipinski definition) is 8. The van der Waals surface area contributed by atoms with Crippen molar-refractivity contribution in [2.75, 3.05) is 13.2 Å². The van der Waals surface area contributed by atoms with E-state index in [-0.39, 0.29) is 35.3 Å². The van der Waals surface area contributed by atoms with Gasteiger partial charge < -0.3 is 13.5 Å². The molecule has 0 saturated carbocycles. The van der Waals surface area contributed by atoms with E-state index in [0.717, 1.165) is 11.3 Å². The van der Waals surface area contributed by atoms with Gasteiger partial charge in [0.15, 0.2) is 11.2 Å². The molecule has 2 heterocycles. The molecule has 1 aromatic heterocycles. The van der Waals surface area contributed by atoms with Gasteiger partial charge in [0, 0.05) is 0 Å². The maximum Gasteiger partial charge on any atom is 0.353 e. The van der Waals surface area contributed by atoms with Crippen LogP contribution in [0.25, 0.3) is 11.0 Å². The van der Waals surface area contributed by atoms with Gasteiger partial charge in [0.25, 0.3) is 11.8 Å². The fourth-order valence-electron chi connectivity index (χ4n) is 3.57. The maximum atomic E-state index is 13.7. The molecule has 0 bridgehead atoms. The standard InChI is InChI=1S/C22H21N2O7P/c1-3-30-32(28,31-4-2)20(17-13-29-18-12-8-7-11-16(18)19(17)25)23-24-21(26)14-9-5-6-10-15(14)22(24)27/h5-13,20,23H,3-4H2,1-2H3.